The van der Waals surface area contributed by atoms with E-state index in [1.807, 2.05) is 13.0 Å². The third-order valence-corrected chi connectivity index (χ3v) is 4.23. The van der Waals surface area contributed by atoms with E-state index in [0.29, 0.717) is 17.6 Å². The van der Waals surface area contributed by atoms with E-state index in [9.17, 15) is 9.18 Å². The number of aryl methyl sites for hydroxylation is 1. The number of rotatable bonds is 4. The summed E-state index contributed by atoms with van der Waals surface area (Å²) in [5.74, 6) is -0.510. The molecule has 0 bridgehead atoms. The molecular formula is C15H11Cl3FNOS. The maximum atomic E-state index is 13.7. The lowest BCUT2D eigenvalue weighted by molar-refractivity contribution is 0.101. The minimum Gasteiger partial charge on any atom is -0.268 e. The zero-order valence-electron chi connectivity index (χ0n) is 11.4. The molecule has 2 aromatic carbocycles. The second-order valence-corrected chi connectivity index (χ2v) is 7.66. The molecule has 7 heteroatoms. The first kappa shape index (κ1) is 17.4. The number of hydrogen-bond donors (Lipinski definition) is 0. The molecule has 0 heterocycles. The van der Waals surface area contributed by atoms with Gasteiger partial charge in [0, 0.05) is 11.9 Å². The SMILES string of the molecule is Cc1cccc(N(SC(F)(Cl)Cl)C(=O)c2ccccc2Cl)c1. The van der Waals surface area contributed by atoms with Crippen molar-refractivity contribution in [1.82, 2.24) is 0 Å². The van der Waals surface area contributed by atoms with Crippen LogP contribution in [0, 0.1) is 6.92 Å². The summed E-state index contributed by atoms with van der Waals surface area (Å²) in [5, 5.41) is 0.263. The Morgan fingerprint density at radius 3 is 2.45 bits per heavy atom. The standard InChI is InChI=1S/C15H11Cl3FNOS/c1-10-5-4-6-11(9-10)20(22-15(17,18)19)14(21)12-7-2-3-8-13(12)16/h2-9H,1H3. The Morgan fingerprint density at radius 2 is 1.86 bits per heavy atom. The molecule has 0 saturated heterocycles. The summed E-state index contributed by atoms with van der Waals surface area (Å²) in [7, 11) is 0. The van der Waals surface area contributed by atoms with Crippen molar-refractivity contribution in [2.75, 3.05) is 4.31 Å². The van der Waals surface area contributed by atoms with Gasteiger partial charge in [-0.05, 0) is 36.8 Å². The van der Waals surface area contributed by atoms with Crippen molar-refractivity contribution >= 4 is 58.3 Å². The second-order valence-electron chi connectivity index (χ2n) is 4.46. The first-order valence-corrected chi connectivity index (χ1v) is 8.10. The molecule has 0 aromatic heterocycles. The summed E-state index contributed by atoms with van der Waals surface area (Å²) in [6, 6.07) is 13.5. The van der Waals surface area contributed by atoms with Crippen molar-refractivity contribution in [2.24, 2.45) is 0 Å². The van der Waals surface area contributed by atoms with Crippen LogP contribution in [0.1, 0.15) is 15.9 Å². The van der Waals surface area contributed by atoms with E-state index in [0.717, 1.165) is 9.87 Å². The van der Waals surface area contributed by atoms with Gasteiger partial charge in [0.1, 0.15) is 0 Å². The zero-order valence-corrected chi connectivity index (χ0v) is 14.5. The Morgan fingerprint density at radius 1 is 1.18 bits per heavy atom. The third kappa shape index (κ3) is 4.53. The van der Waals surface area contributed by atoms with Crippen LogP contribution in [0.15, 0.2) is 48.5 Å². The highest BCUT2D eigenvalue weighted by Crippen LogP contribution is 2.42. The lowest BCUT2D eigenvalue weighted by Crippen LogP contribution is -2.27. The van der Waals surface area contributed by atoms with Gasteiger partial charge in [-0.3, -0.25) is 4.79 Å². The van der Waals surface area contributed by atoms with E-state index in [2.05, 4.69) is 0 Å². The number of halogens is 4. The smallest absolute Gasteiger partial charge is 0.268 e. The molecular weight excluding hydrogens is 368 g/mol. The number of amides is 1. The topological polar surface area (TPSA) is 20.3 Å². The van der Waals surface area contributed by atoms with E-state index in [1.54, 1.807) is 42.5 Å². The Kier molecular flexibility index (Phi) is 5.61. The van der Waals surface area contributed by atoms with Gasteiger partial charge in [-0.25, -0.2) is 4.31 Å². The summed E-state index contributed by atoms with van der Waals surface area (Å²) in [5.41, 5.74) is 1.60. The van der Waals surface area contributed by atoms with Gasteiger partial charge in [0.15, 0.2) is 0 Å². The van der Waals surface area contributed by atoms with Crippen molar-refractivity contribution in [2.45, 2.75) is 10.8 Å². The number of alkyl halides is 3. The van der Waals surface area contributed by atoms with Gasteiger partial charge in [-0.2, -0.15) is 4.39 Å². The highest BCUT2D eigenvalue weighted by atomic mass is 35.5. The predicted molar refractivity (Wildman–Crippen MR) is 92.6 cm³/mol. The van der Waals surface area contributed by atoms with Gasteiger partial charge in [0.05, 0.1) is 16.3 Å². The van der Waals surface area contributed by atoms with Gasteiger partial charge in [0.2, 0.25) is 0 Å². The minimum absolute atomic E-state index is 0.232. The predicted octanol–water partition coefficient (Wildman–Crippen LogP) is 6.00. The molecule has 0 radical (unpaired) electrons. The molecule has 2 rings (SSSR count). The van der Waals surface area contributed by atoms with E-state index in [4.69, 9.17) is 34.8 Å². The van der Waals surface area contributed by atoms with E-state index < -0.39 is 9.83 Å². The van der Waals surface area contributed by atoms with Crippen LogP contribution in [0.3, 0.4) is 0 Å². The maximum Gasteiger partial charge on any atom is 0.324 e. The van der Waals surface area contributed by atoms with Gasteiger partial charge < -0.3 is 0 Å². The van der Waals surface area contributed by atoms with Crippen molar-refractivity contribution in [3.8, 4) is 0 Å². The minimum atomic E-state index is -2.65. The van der Waals surface area contributed by atoms with Crippen LogP contribution < -0.4 is 4.31 Å². The van der Waals surface area contributed by atoms with Crippen molar-refractivity contribution < 1.29 is 9.18 Å². The molecule has 2 nitrogen and oxygen atoms in total. The summed E-state index contributed by atoms with van der Waals surface area (Å²) in [6.07, 6.45) is 0. The normalized spacial score (nSPS) is 11.3. The molecule has 0 aliphatic carbocycles. The third-order valence-electron chi connectivity index (χ3n) is 2.72. The molecule has 2 aromatic rings. The fourth-order valence-electron chi connectivity index (χ4n) is 1.81. The Hall–Kier alpha value is -0.940. The number of nitrogens with zero attached hydrogens (tertiary/aromatic N) is 1. The van der Waals surface area contributed by atoms with Crippen molar-refractivity contribution in [3.63, 3.8) is 0 Å². The van der Waals surface area contributed by atoms with Crippen LogP contribution in [-0.4, -0.2) is 9.83 Å². The van der Waals surface area contributed by atoms with Crippen LogP contribution in [0.5, 0.6) is 0 Å². The molecule has 0 fully saturated rings. The van der Waals surface area contributed by atoms with E-state index in [-0.39, 0.29) is 10.6 Å². The molecule has 22 heavy (non-hydrogen) atoms. The quantitative estimate of drug-likeness (QED) is 0.480. The average Bonchev–Trinajstić information content (AvgIpc) is 2.44. The molecule has 0 saturated carbocycles. The van der Waals surface area contributed by atoms with Crippen molar-refractivity contribution in [3.05, 3.63) is 64.7 Å². The van der Waals surface area contributed by atoms with Crippen molar-refractivity contribution in [1.29, 1.82) is 0 Å². The van der Waals surface area contributed by atoms with Gasteiger partial charge in [0.25, 0.3) is 5.91 Å². The molecule has 0 unspecified atom stereocenters. The lowest BCUT2D eigenvalue weighted by Gasteiger charge is -2.24. The van der Waals surface area contributed by atoms with Crippen LogP contribution >= 0.6 is 46.8 Å². The Balaban J connectivity index is 2.45. The molecule has 116 valence electrons. The molecule has 0 aliphatic rings. The summed E-state index contributed by atoms with van der Waals surface area (Å²) in [4.78, 5) is 12.7. The van der Waals surface area contributed by atoms with E-state index in [1.165, 1.54) is 0 Å². The van der Waals surface area contributed by atoms with Gasteiger partial charge in [-0.15, -0.1) is 0 Å². The Labute approximate surface area is 147 Å². The second kappa shape index (κ2) is 7.09. The average molecular weight is 379 g/mol. The van der Waals surface area contributed by atoms with Gasteiger partial charge in [-0.1, -0.05) is 59.1 Å². The van der Waals surface area contributed by atoms with E-state index >= 15 is 0 Å². The lowest BCUT2D eigenvalue weighted by atomic mass is 10.2. The highest BCUT2D eigenvalue weighted by Gasteiger charge is 2.32. The van der Waals surface area contributed by atoms with Crippen LogP contribution in [0.25, 0.3) is 0 Å². The van der Waals surface area contributed by atoms with Crippen LogP contribution in [-0.2, 0) is 0 Å². The summed E-state index contributed by atoms with van der Waals surface area (Å²) in [6.45, 7) is 1.86. The number of benzene rings is 2. The number of carbonyl (C=O) groups excluding carboxylic acids is 1. The largest absolute Gasteiger partial charge is 0.324 e. The fourth-order valence-corrected chi connectivity index (χ4v) is 3.05. The molecule has 0 atom stereocenters. The zero-order chi connectivity index (χ0) is 16.3. The first-order chi connectivity index (χ1) is 10.3. The van der Waals surface area contributed by atoms with Crippen LogP contribution in [0.4, 0.5) is 10.1 Å². The fraction of sp³-hybridized carbons (Fsp3) is 0.133. The number of carbonyl (C=O) groups is 1. The maximum absolute atomic E-state index is 13.7. The first-order valence-electron chi connectivity index (χ1n) is 6.19. The van der Waals surface area contributed by atoms with Gasteiger partial charge >= 0.3 is 3.92 Å². The summed E-state index contributed by atoms with van der Waals surface area (Å²) < 4.78 is 12.1. The molecule has 0 spiro atoms. The Bertz CT molecular complexity index is 690. The molecule has 1 amide bonds. The van der Waals surface area contributed by atoms with Crippen LogP contribution in [0.2, 0.25) is 5.02 Å². The highest BCUT2D eigenvalue weighted by molar-refractivity contribution is 8.05. The summed E-state index contributed by atoms with van der Waals surface area (Å²) >= 11 is 17.2. The monoisotopic (exact) mass is 377 g/mol. The molecule has 0 N–H and O–H groups in total. The molecule has 0 aliphatic heterocycles. The number of anilines is 1. The number of hydrogen-bond acceptors (Lipinski definition) is 2.